The summed E-state index contributed by atoms with van der Waals surface area (Å²) in [5.74, 6) is -27.9. The SMILES string of the molecule is O=c1[nH]c2c(S(=O)(=O)c3ccc4ccn(CCC5C(F)(F)C(F)(F)C(F)(F)C5(F)F)c4c3)ccc(Cl)c2c(=O)n1O. The minimum absolute atomic E-state index is 0.0845. The highest BCUT2D eigenvalue weighted by Gasteiger charge is 2.92. The zero-order valence-electron chi connectivity index (χ0n) is 19.8. The largest absolute Gasteiger partial charge is 0.421 e. The van der Waals surface area contributed by atoms with E-state index in [0.29, 0.717) is 0 Å². The van der Waals surface area contributed by atoms with Gasteiger partial charge >= 0.3 is 29.4 Å². The molecule has 0 bridgehead atoms. The summed E-state index contributed by atoms with van der Waals surface area (Å²) >= 11 is 5.96. The lowest BCUT2D eigenvalue weighted by molar-refractivity contribution is -0.303. The van der Waals surface area contributed by atoms with Crippen molar-refractivity contribution in [2.24, 2.45) is 5.92 Å². The quantitative estimate of drug-likeness (QED) is 0.240. The highest BCUT2D eigenvalue weighted by Crippen LogP contribution is 2.66. The van der Waals surface area contributed by atoms with Crippen molar-refractivity contribution in [2.75, 3.05) is 0 Å². The third-order valence-corrected chi connectivity index (χ3v) is 9.17. The molecule has 41 heavy (non-hydrogen) atoms. The average molecular weight is 632 g/mol. The Labute approximate surface area is 227 Å². The van der Waals surface area contributed by atoms with Crippen LogP contribution in [0, 0.1) is 5.92 Å². The molecule has 1 aliphatic rings. The van der Waals surface area contributed by atoms with Crippen LogP contribution in [0.3, 0.4) is 0 Å². The fourth-order valence-corrected chi connectivity index (χ4v) is 6.52. The first-order valence-corrected chi connectivity index (χ1v) is 13.2. The normalized spacial score (nSPS) is 19.7. The maximum Gasteiger partial charge on any atom is 0.378 e. The first-order chi connectivity index (χ1) is 18.8. The molecule has 0 aliphatic heterocycles. The molecule has 0 unspecified atom stereocenters. The van der Waals surface area contributed by atoms with Crippen molar-refractivity contribution < 1.29 is 48.7 Å². The summed E-state index contributed by atoms with van der Waals surface area (Å²) in [6.07, 6.45) is -0.399. The van der Waals surface area contributed by atoms with E-state index in [9.17, 15) is 58.3 Å². The lowest BCUT2D eigenvalue weighted by Gasteiger charge is -2.23. The van der Waals surface area contributed by atoms with Crippen LogP contribution in [0.25, 0.3) is 21.8 Å². The van der Waals surface area contributed by atoms with E-state index in [1.54, 1.807) is 0 Å². The lowest BCUT2D eigenvalue weighted by atomic mass is 9.97. The summed E-state index contributed by atoms with van der Waals surface area (Å²) in [5, 5.41) is 8.96. The van der Waals surface area contributed by atoms with Crippen molar-refractivity contribution in [2.45, 2.75) is 46.4 Å². The third kappa shape index (κ3) is 3.73. The number of fused-ring (bicyclic) bond motifs is 2. The van der Waals surface area contributed by atoms with Crippen LogP contribution in [0.1, 0.15) is 6.42 Å². The molecule has 0 amide bonds. The first kappa shape index (κ1) is 28.9. The van der Waals surface area contributed by atoms with Gasteiger partial charge in [-0.05, 0) is 42.1 Å². The molecule has 0 atom stereocenters. The van der Waals surface area contributed by atoms with Crippen LogP contribution in [0.4, 0.5) is 35.1 Å². The molecule has 0 spiro atoms. The Hall–Kier alpha value is -3.60. The van der Waals surface area contributed by atoms with Crippen LogP contribution in [0.2, 0.25) is 5.02 Å². The summed E-state index contributed by atoms with van der Waals surface area (Å²) < 4.78 is 138. The minimum Gasteiger partial charge on any atom is -0.421 e. The Bertz CT molecular complexity index is 1940. The highest BCUT2D eigenvalue weighted by molar-refractivity contribution is 7.91. The molecule has 1 saturated carbocycles. The molecule has 18 heteroatoms. The van der Waals surface area contributed by atoms with Crippen molar-refractivity contribution in [3.8, 4) is 0 Å². The second kappa shape index (κ2) is 8.70. The molecule has 2 N–H and O–H groups in total. The second-order valence-corrected chi connectivity index (χ2v) is 11.6. The maximum absolute atomic E-state index is 14.1. The molecule has 1 aliphatic carbocycles. The van der Waals surface area contributed by atoms with Crippen molar-refractivity contribution in [3.05, 3.63) is 68.5 Å². The van der Waals surface area contributed by atoms with Crippen LogP contribution in [0.15, 0.2) is 62.0 Å². The lowest BCUT2D eigenvalue weighted by Crippen LogP contribution is -2.51. The molecule has 2 heterocycles. The number of rotatable bonds is 5. The second-order valence-electron chi connectivity index (χ2n) is 9.31. The van der Waals surface area contributed by atoms with Gasteiger partial charge in [0.15, 0.2) is 0 Å². The molecular formula is C23H14ClF8N3O5S. The minimum atomic E-state index is -6.31. The van der Waals surface area contributed by atoms with E-state index in [2.05, 4.69) is 0 Å². The van der Waals surface area contributed by atoms with Gasteiger partial charge in [0, 0.05) is 18.3 Å². The van der Waals surface area contributed by atoms with Crippen molar-refractivity contribution in [3.63, 3.8) is 0 Å². The van der Waals surface area contributed by atoms with Crippen LogP contribution in [-0.4, -0.2) is 51.6 Å². The van der Waals surface area contributed by atoms with Crippen LogP contribution < -0.4 is 11.2 Å². The molecule has 0 radical (unpaired) electrons. The van der Waals surface area contributed by atoms with Gasteiger partial charge in [0.2, 0.25) is 9.84 Å². The Morgan fingerprint density at radius 1 is 0.927 bits per heavy atom. The van der Waals surface area contributed by atoms with Crippen LogP contribution >= 0.6 is 11.6 Å². The smallest absolute Gasteiger partial charge is 0.378 e. The topological polar surface area (TPSA) is 114 Å². The van der Waals surface area contributed by atoms with Gasteiger partial charge in [-0.2, -0.15) is 35.1 Å². The van der Waals surface area contributed by atoms with Gasteiger partial charge in [-0.15, -0.1) is 0 Å². The highest BCUT2D eigenvalue weighted by atomic mass is 35.5. The van der Waals surface area contributed by atoms with Crippen LogP contribution in [-0.2, 0) is 16.4 Å². The first-order valence-electron chi connectivity index (χ1n) is 11.3. The fourth-order valence-electron chi connectivity index (χ4n) is 4.84. The van der Waals surface area contributed by atoms with E-state index in [4.69, 9.17) is 11.6 Å². The Morgan fingerprint density at radius 2 is 1.54 bits per heavy atom. The standard InChI is InChI=1S/C23H14ClF8N3O5S/c24-12-3-4-14(17-16(12)18(36)35(38)19(37)33-17)41(39,40)11-2-1-10-5-7-34(13(10)9-11)8-6-15-20(25,26)22(29,30)23(31,32)21(15,27)28/h1-5,7,9,15,38H,6,8H2,(H,33,37). The van der Waals surface area contributed by atoms with E-state index < -0.39 is 84.4 Å². The number of sulfone groups is 1. The van der Waals surface area contributed by atoms with Gasteiger partial charge in [-0.3, -0.25) is 4.79 Å². The summed E-state index contributed by atoms with van der Waals surface area (Å²) in [6, 6.07) is 6.52. The summed E-state index contributed by atoms with van der Waals surface area (Å²) in [4.78, 5) is 25.1. The van der Waals surface area contributed by atoms with Gasteiger partial charge in [0.25, 0.3) is 5.56 Å². The molecule has 4 aromatic rings. The number of nitrogens with zero attached hydrogens (tertiary/aromatic N) is 2. The number of hydrogen-bond acceptors (Lipinski definition) is 5. The van der Waals surface area contributed by atoms with E-state index >= 15 is 0 Å². The fraction of sp³-hybridized carbons (Fsp3) is 0.304. The van der Waals surface area contributed by atoms with Gasteiger partial charge in [-0.25, -0.2) is 13.2 Å². The third-order valence-electron chi connectivity index (χ3n) is 7.06. The van der Waals surface area contributed by atoms with E-state index in [-0.39, 0.29) is 20.7 Å². The summed E-state index contributed by atoms with van der Waals surface area (Å²) in [5.41, 5.74) is -3.35. The summed E-state index contributed by atoms with van der Waals surface area (Å²) in [6.45, 7) is -0.901. The zero-order valence-corrected chi connectivity index (χ0v) is 21.4. The maximum atomic E-state index is 14.1. The number of nitrogens with one attached hydrogen (secondary N) is 1. The molecule has 220 valence electrons. The number of aromatic nitrogens is 3. The molecule has 0 saturated heterocycles. The summed E-state index contributed by atoms with van der Waals surface area (Å²) in [7, 11) is -4.62. The molecule has 2 aromatic carbocycles. The predicted octanol–water partition coefficient (Wildman–Crippen LogP) is 4.93. The van der Waals surface area contributed by atoms with Crippen molar-refractivity contribution in [1.29, 1.82) is 0 Å². The monoisotopic (exact) mass is 631 g/mol. The molecular weight excluding hydrogens is 618 g/mol. The van der Waals surface area contributed by atoms with E-state index in [1.807, 2.05) is 4.98 Å². The zero-order chi connectivity index (χ0) is 30.5. The molecule has 5 rings (SSSR count). The predicted molar refractivity (Wildman–Crippen MR) is 126 cm³/mol. The van der Waals surface area contributed by atoms with E-state index in [0.717, 1.165) is 35.0 Å². The number of halogens is 9. The van der Waals surface area contributed by atoms with Crippen LogP contribution in [0.5, 0.6) is 0 Å². The van der Waals surface area contributed by atoms with Gasteiger partial charge < -0.3 is 14.8 Å². The number of alkyl halides is 8. The Morgan fingerprint density at radius 3 is 2.15 bits per heavy atom. The number of hydrogen-bond donors (Lipinski definition) is 2. The van der Waals surface area contributed by atoms with Crippen molar-refractivity contribution >= 4 is 43.2 Å². The molecule has 1 fully saturated rings. The van der Waals surface area contributed by atoms with Gasteiger partial charge in [0.1, 0.15) is 5.92 Å². The van der Waals surface area contributed by atoms with Gasteiger partial charge in [0.05, 0.1) is 25.7 Å². The van der Waals surface area contributed by atoms with E-state index in [1.165, 1.54) is 12.1 Å². The Kier molecular flexibility index (Phi) is 6.14. The number of H-pyrrole nitrogens is 1. The Balaban J connectivity index is 1.57. The number of benzene rings is 2. The molecule has 8 nitrogen and oxygen atoms in total. The molecule has 2 aromatic heterocycles. The number of aryl methyl sites for hydroxylation is 1. The van der Waals surface area contributed by atoms with Gasteiger partial charge in [-0.1, -0.05) is 22.4 Å². The van der Waals surface area contributed by atoms with Crippen molar-refractivity contribution in [1.82, 2.24) is 14.3 Å². The number of aromatic amines is 1. The average Bonchev–Trinajstić information content (AvgIpc) is 3.31.